The highest BCUT2D eigenvalue weighted by atomic mass is 16.3. The second-order valence-electron chi connectivity index (χ2n) is 8.31. The summed E-state index contributed by atoms with van der Waals surface area (Å²) in [5, 5.41) is 9.82. The molecule has 0 radical (unpaired) electrons. The summed E-state index contributed by atoms with van der Waals surface area (Å²) in [6.07, 6.45) is 15.6. The van der Waals surface area contributed by atoms with Crippen molar-refractivity contribution >= 4 is 0 Å². The largest absolute Gasteiger partial charge is 0.392 e. The van der Waals surface area contributed by atoms with Crippen molar-refractivity contribution in [2.24, 2.45) is 0 Å². The molecule has 0 aliphatic heterocycles. The van der Waals surface area contributed by atoms with E-state index < -0.39 is 0 Å². The summed E-state index contributed by atoms with van der Waals surface area (Å²) in [5.74, 6) is 0. The van der Waals surface area contributed by atoms with Crippen LogP contribution in [-0.2, 0) is 19.7 Å². The number of rotatable bonds is 7. The molecular weight excluding hydrogens is 420 g/mol. The molecule has 0 amide bonds. The van der Waals surface area contributed by atoms with Gasteiger partial charge in [-0.15, -0.1) is 0 Å². The van der Waals surface area contributed by atoms with Gasteiger partial charge >= 0.3 is 0 Å². The molecule has 0 aliphatic carbocycles. The highest BCUT2D eigenvalue weighted by Crippen LogP contribution is 2.17. The third-order valence-electron chi connectivity index (χ3n) is 5.83. The lowest BCUT2D eigenvalue weighted by Gasteiger charge is -2.07. The van der Waals surface area contributed by atoms with E-state index in [1.807, 2.05) is 49.1 Å². The zero-order valence-corrected chi connectivity index (χ0v) is 18.8. The Morgan fingerprint density at radius 3 is 1.24 bits per heavy atom. The van der Waals surface area contributed by atoms with Crippen LogP contribution in [-0.4, -0.2) is 15.1 Å². The van der Waals surface area contributed by atoms with Crippen LogP contribution < -0.4 is 9.13 Å². The highest BCUT2D eigenvalue weighted by molar-refractivity contribution is 5.62. The maximum Gasteiger partial charge on any atom is 0.173 e. The zero-order chi connectivity index (χ0) is 23.2. The molecule has 0 unspecified atom stereocenters. The second kappa shape index (κ2) is 10.1. The molecule has 166 valence electrons. The van der Waals surface area contributed by atoms with Crippen molar-refractivity contribution in [2.45, 2.75) is 19.7 Å². The third kappa shape index (κ3) is 5.22. The van der Waals surface area contributed by atoms with Gasteiger partial charge in [0.2, 0.25) is 0 Å². The maximum absolute atomic E-state index is 9.82. The second-order valence-corrected chi connectivity index (χ2v) is 8.31. The molecule has 0 aliphatic rings. The summed E-state index contributed by atoms with van der Waals surface area (Å²) in [6.45, 7) is 1.50. The lowest BCUT2D eigenvalue weighted by atomic mass is 10.0. The average Bonchev–Trinajstić information content (AvgIpc) is 2.90. The average molecular weight is 447 g/mol. The van der Waals surface area contributed by atoms with Gasteiger partial charge in [0.25, 0.3) is 0 Å². The fraction of sp³-hybridized carbons (Fsp3) is 0.103. The van der Waals surface area contributed by atoms with E-state index in [2.05, 4.69) is 86.4 Å². The van der Waals surface area contributed by atoms with Crippen LogP contribution in [0.3, 0.4) is 0 Å². The minimum Gasteiger partial charge on any atom is -0.392 e. The molecule has 5 rings (SSSR count). The van der Waals surface area contributed by atoms with Gasteiger partial charge in [-0.05, 0) is 70.3 Å². The van der Waals surface area contributed by atoms with Gasteiger partial charge in [0, 0.05) is 60.2 Å². The van der Waals surface area contributed by atoms with E-state index in [0.29, 0.717) is 0 Å². The number of pyridine rings is 4. The number of aliphatic hydroxyl groups is 1. The van der Waals surface area contributed by atoms with Gasteiger partial charge in [0.15, 0.2) is 37.9 Å². The van der Waals surface area contributed by atoms with E-state index in [1.165, 1.54) is 0 Å². The Labute approximate surface area is 199 Å². The van der Waals surface area contributed by atoms with Crippen LogP contribution in [0.15, 0.2) is 116 Å². The van der Waals surface area contributed by atoms with Crippen molar-refractivity contribution in [1.29, 1.82) is 0 Å². The first-order chi connectivity index (χ1) is 16.8. The maximum atomic E-state index is 9.82. The van der Waals surface area contributed by atoms with Gasteiger partial charge in [0.05, 0.1) is 6.61 Å². The van der Waals surface area contributed by atoms with Crippen LogP contribution in [0.2, 0.25) is 0 Å². The SMILES string of the molecule is OCc1cc(C[n+]2ccc(-c3ccncc3)cc2)cc(C[n+]2ccc(-c3ccncc3)cc2)c1. The van der Waals surface area contributed by atoms with E-state index in [0.717, 1.165) is 52.0 Å². The van der Waals surface area contributed by atoms with Gasteiger partial charge < -0.3 is 5.11 Å². The number of benzene rings is 1. The quantitative estimate of drug-likeness (QED) is 0.385. The molecule has 34 heavy (non-hydrogen) atoms. The standard InChI is InChI=1S/C29H26N4O/c34-22-25-18-23(20-32-13-5-28(6-14-32)26-1-9-30-10-2-26)17-24(19-25)21-33-15-7-29(8-16-33)27-3-11-31-12-4-27/h1-19,34H,20-22H2/q+2. The van der Waals surface area contributed by atoms with Gasteiger partial charge in [-0.3, -0.25) is 9.97 Å². The van der Waals surface area contributed by atoms with Crippen LogP contribution in [0.4, 0.5) is 0 Å². The topological polar surface area (TPSA) is 53.8 Å². The Balaban J connectivity index is 1.32. The van der Waals surface area contributed by atoms with E-state index in [4.69, 9.17) is 0 Å². The predicted molar refractivity (Wildman–Crippen MR) is 130 cm³/mol. The van der Waals surface area contributed by atoms with Gasteiger partial charge in [-0.2, -0.15) is 0 Å². The number of aliphatic hydroxyl groups excluding tert-OH is 1. The zero-order valence-electron chi connectivity index (χ0n) is 18.8. The van der Waals surface area contributed by atoms with Crippen LogP contribution in [0.1, 0.15) is 16.7 Å². The molecule has 0 saturated heterocycles. The summed E-state index contributed by atoms with van der Waals surface area (Å²) in [4.78, 5) is 8.17. The molecular formula is C29H26N4O+2. The fourth-order valence-corrected chi connectivity index (χ4v) is 4.13. The van der Waals surface area contributed by atoms with Crippen molar-refractivity contribution in [3.8, 4) is 22.3 Å². The first-order valence-corrected chi connectivity index (χ1v) is 11.3. The van der Waals surface area contributed by atoms with E-state index in [-0.39, 0.29) is 6.61 Å². The van der Waals surface area contributed by atoms with Crippen molar-refractivity contribution in [3.63, 3.8) is 0 Å². The summed E-state index contributed by atoms with van der Waals surface area (Å²) in [6, 6.07) is 22.9. The molecule has 1 N–H and O–H groups in total. The van der Waals surface area contributed by atoms with Gasteiger partial charge in [-0.1, -0.05) is 0 Å². The number of hydrogen-bond donors (Lipinski definition) is 1. The lowest BCUT2D eigenvalue weighted by Crippen LogP contribution is -2.34. The van der Waals surface area contributed by atoms with E-state index >= 15 is 0 Å². The normalized spacial score (nSPS) is 10.9. The molecule has 0 bridgehead atoms. The molecule has 0 spiro atoms. The number of aromatic nitrogens is 4. The van der Waals surface area contributed by atoms with Crippen LogP contribution in [0.25, 0.3) is 22.3 Å². The summed E-state index contributed by atoms with van der Waals surface area (Å²) in [5.41, 5.74) is 7.88. The Morgan fingerprint density at radius 1 is 0.500 bits per heavy atom. The summed E-state index contributed by atoms with van der Waals surface area (Å²) >= 11 is 0. The van der Waals surface area contributed by atoms with Gasteiger partial charge in [-0.25, -0.2) is 9.13 Å². The molecule has 1 aromatic carbocycles. The smallest absolute Gasteiger partial charge is 0.173 e. The number of nitrogens with zero attached hydrogens (tertiary/aromatic N) is 4. The molecule has 0 fully saturated rings. The van der Waals surface area contributed by atoms with Crippen LogP contribution in [0.5, 0.6) is 0 Å². The van der Waals surface area contributed by atoms with Crippen molar-refractivity contribution in [1.82, 2.24) is 9.97 Å². The monoisotopic (exact) mass is 446 g/mol. The van der Waals surface area contributed by atoms with E-state index in [9.17, 15) is 5.11 Å². The van der Waals surface area contributed by atoms with Gasteiger partial charge in [0.1, 0.15) is 0 Å². The van der Waals surface area contributed by atoms with Crippen molar-refractivity contribution in [2.75, 3.05) is 0 Å². The van der Waals surface area contributed by atoms with Crippen molar-refractivity contribution < 1.29 is 14.2 Å². The van der Waals surface area contributed by atoms with E-state index in [1.54, 1.807) is 0 Å². The molecule has 4 aromatic heterocycles. The first-order valence-electron chi connectivity index (χ1n) is 11.3. The predicted octanol–water partition coefficient (Wildman–Crippen LogP) is 3.97. The highest BCUT2D eigenvalue weighted by Gasteiger charge is 2.11. The summed E-state index contributed by atoms with van der Waals surface area (Å²) in [7, 11) is 0. The minimum absolute atomic E-state index is 0.0259. The molecule has 0 saturated carbocycles. The van der Waals surface area contributed by atoms with Crippen LogP contribution >= 0.6 is 0 Å². The summed E-state index contributed by atoms with van der Waals surface area (Å²) < 4.78 is 4.31. The Hall–Kier alpha value is -4.22. The number of hydrogen-bond acceptors (Lipinski definition) is 3. The van der Waals surface area contributed by atoms with Crippen molar-refractivity contribution in [3.05, 3.63) is 133 Å². The third-order valence-corrected chi connectivity index (χ3v) is 5.83. The Morgan fingerprint density at radius 2 is 0.853 bits per heavy atom. The molecule has 5 aromatic rings. The minimum atomic E-state index is 0.0259. The Kier molecular flexibility index (Phi) is 6.45. The molecule has 4 heterocycles. The molecule has 0 atom stereocenters. The molecule has 5 heteroatoms. The lowest BCUT2D eigenvalue weighted by molar-refractivity contribution is -0.689. The van der Waals surface area contributed by atoms with Crippen LogP contribution in [0, 0.1) is 0 Å². The Bertz CT molecular complexity index is 1250. The fourth-order valence-electron chi connectivity index (χ4n) is 4.13. The molecule has 5 nitrogen and oxygen atoms in total. The first kappa shape index (κ1) is 21.6.